The van der Waals surface area contributed by atoms with Crippen LogP contribution < -0.4 is 10.1 Å². The van der Waals surface area contributed by atoms with Gasteiger partial charge in [0, 0.05) is 10.4 Å². The van der Waals surface area contributed by atoms with Gasteiger partial charge in [0.1, 0.15) is 16.3 Å². The Bertz CT molecular complexity index is 1710. The molecule has 0 unspecified atom stereocenters. The van der Waals surface area contributed by atoms with E-state index in [1.165, 1.54) is 25.3 Å². The quantitative estimate of drug-likeness (QED) is 0.156. The summed E-state index contributed by atoms with van der Waals surface area (Å²) in [4.78, 5) is 12.8. The highest BCUT2D eigenvalue weighted by atomic mass is 35.5. The molecule has 0 aromatic heterocycles. The van der Waals surface area contributed by atoms with Crippen molar-refractivity contribution < 1.29 is 27.6 Å². The van der Waals surface area contributed by atoms with Crippen molar-refractivity contribution in [3.8, 4) is 11.5 Å². The average Bonchev–Trinajstić information content (AvgIpc) is 2.86. The van der Waals surface area contributed by atoms with Crippen LogP contribution in [0.25, 0.3) is 10.8 Å². The van der Waals surface area contributed by atoms with Crippen LogP contribution in [0.3, 0.4) is 0 Å². The number of anilines is 1. The van der Waals surface area contributed by atoms with E-state index in [0.717, 1.165) is 0 Å². The molecule has 0 bridgehead atoms. The normalized spacial score (nSPS) is 11.7. The van der Waals surface area contributed by atoms with E-state index in [0.29, 0.717) is 10.8 Å². The van der Waals surface area contributed by atoms with Crippen molar-refractivity contribution in [2.24, 2.45) is 10.2 Å². The molecule has 0 aliphatic heterocycles. The number of halogens is 2. The number of aryl methyl sites for hydroxylation is 1. The maximum atomic E-state index is 13.2. The number of carbonyl (C=O) groups excluding carboxylic acids is 1. The van der Waals surface area contributed by atoms with Crippen LogP contribution in [0.2, 0.25) is 10.0 Å². The standard InChI is InChI=1S/C26H21Cl2N3O6S/c1-3-14-11-16(27)13-21(25(14)38(34,35)36)30-31-22-17-8-5-4-7-15(17)12-18(23(22)32)26(33)29-20-10-6-9-19(28)24(20)37-2/h4-13,32H,3H2,1-2H3,(H,29,33)(H,34,35,36). The first-order valence-corrected chi connectivity index (χ1v) is 13.3. The van der Waals surface area contributed by atoms with E-state index in [4.69, 9.17) is 27.9 Å². The minimum Gasteiger partial charge on any atom is -0.505 e. The minimum atomic E-state index is -4.68. The summed E-state index contributed by atoms with van der Waals surface area (Å²) in [6.07, 6.45) is 0.245. The molecule has 3 N–H and O–H groups in total. The van der Waals surface area contributed by atoms with E-state index in [2.05, 4.69) is 15.5 Å². The fraction of sp³-hybridized carbons (Fsp3) is 0.115. The molecule has 0 saturated heterocycles. The molecule has 0 aliphatic carbocycles. The molecule has 4 aromatic carbocycles. The summed E-state index contributed by atoms with van der Waals surface area (Å²) in [5.74, 6) is -0.940. The van der Waals surface area contributed by atoms with Gasteiger partial charge in [0.15, 0.2) is 11.5 Å². The van der Waals surface area contributed by atoms with Crippen LogP contribution in [-0.4, -0.2) is 31.1 Å². The number of benzene rings is 4. The predicted molar refractivity (Wildman–Crippen MR) is 146 cm³/mol. The Labute approximate surface area is 228 Å². The van der Waals surface area contributed by atoms with Crippen molar-refractivity contribution in [3.05, 3.63) is 81.8 Å². The number of aromatic hydroxyl groups is 1. The smallest absolute Gasteiger partial charge is 0.297 e. The summed E-state index contributed by atoms with van der Waals surface area (Å²) >= 11 is 12.3. The first kappa shape index (κ1) is 27.3. The number of nitrogens with one attached hydrogen (secondary N) is 1. The van der Waals surface area contributed by atoms with E-state index in [9.17, 15) is 22.9 Å². The summed E-state index contributed by atoms with van der Waals surface area (Å²) in [7, 11) is -3.27. The zero-order chi connectivity index (χ0) is 27.6. The number of nitrogens with zero attached hydrogens (tertiary/aromatic N) is 2. The van der Waals surface area contributed by atoms with Gasteiger partial charge in [-0.15, -0.1) is 10.2 Å². The lowest BCUT2D eigenvalue weighted by Crippen LogP contribution is -2.13. The lowest BCUT2D eigenvalue weighted by atomic mass is 10.0. The van der Waals surface area contributed by atoms with Gasteiger partial charge >= 0.3 is 0 Å². The SMILES string of the molecule is CCc1cc(Cl)cc(N=Nc2c(O)c(C(=O)Nc3cccc(Cl)c3OC)cc3ccccc23)c1S(=O)(=O)O. The van der Waals surface area contributed by atoms with E-state index in [1.807, 2.05) is 0 Å². The molecule has 0 heterocycles. The fourth-order valence-electron chi connectivity index (χ4n) is 3.97. The molecule has 9 nitrogen and oxygen atoms in total. The Hall–Kier alpha value is -3.70. The Kier molecular flexibility index (Phi) is 7.89. The van der Waals surface area contributed by atoms with E-state index < -0.39 is 26.7 Å². The molecule has 0 saturated carbocycles. The summed E-state index contributed by atoms with van der Waals surface area (Å²) in [5, 5.41) is 23.4. The predicted octanol–water partition coefficient (Wildman–Crippen LogP) is 7.34. The lowest BCUT2D eigenvalue weighted by Gasteiger charge is -2.14. The van der Waals surface area contributed by atoms with Gasteiger partial charge in [-0.25, -0.2) is 0 Å². The molecule has 12 heteroatoms. The third-order valence-electron chi connectivity index (χ3n) is 5.67. The molecule has 4 aromatic rings. The van der Waals surface area contributed by atoms with Crippen LogP contribution in [0.5, 0.6) is 11.5 Å². The summed E-state index contributed by atoms with van der Waals surface area (Å²) < 4.78 is 39.3. The van der Waals surface area contributed by atoms with Crippen LogP contribution in [-0.2, 0) is 16.5 Å². The second kappa shape index (κ2) is 11.0. The third-order valence-corrected chi connectivity index (χ3v) is 7.17. The van der Waals surface area contributed by atoms with Gasteiger partial charge in [-0.1, -0.05) is 60.5 Å². The average molecular weight is 574 g/mol. The van der Waals surface area contributed by atoms with Crippen LogP contribution in [0.1, 0.15) is 22.8 Å². The Morgan fingerprint density at radius 2 is 1.79 bits per heavy atom. The molecular weight excluding hydrogens is 553 g/mol. The van der Waals surface area contributed by atoms with Gasteiger partial charge < -0.3 is 15.2 Å². The minimum absolute atomic E-state index is 0.0920. The van der Waals surface area contributed by atoms with Crippen molar-refractivity contribution in [1.29, 1.82) is 0 Å². The number of phenols is 1. The Morgan fingerprint density at radius 3 is 2.47 bits per heavy atom. The number of fused-ring (bicyclic) bond motifs is 1. The second-order valence-corrected chi connectivity index (χ2v) is 10.3. The summed E-state index contributed by atoms with van der Waals surface area (Å²) in [6, 6.07) is 15.7. The van der Waals surface area contributed by atoms with Gasteiger partial charge in [-0.05, 0) is 47.7 Å². The van der Waals surface area contributed by atoms with Crippen molar-refractivity contribution >= 4 is 67.1 Å². The lowest BCUT2D eigenvalue weighted by molar-refractivity contribution is 0.102. The van der Waals surface area contributed by atoms with Crippen molar-refractivity contribution in [3.63, 3.8) is 0 Å². The van der Waals surface area contributed by atoms with Crippen molar-refractivity contribution in [2.75, 3.05) is 12.4 Å². The Morgan fingerprint density at radius 1 is 1.05 bits per heavy atom. The number of azo groups is 1. The van der Waals surface area contributed by atoms with Crippen LogP contribution in [0.15, 0.2) is 75.8 Å². The zero-order valence-electron chi connectivity index (χ0n) is 20.1. The molecule has 4 rings (SSSR count). The number of carbonyl (C=O) groups is 1. The van der Waals surface area contributed by atoms with Crippen LogP contribution in [0.4, 0.5) is 17.1 Å². The summed E-state index contributed by atoms with van der Waals surface area (Å²) in [6.45, 7) is 1.69. The number of para-hydroxylation sites is 1. The van der Waals surface area contributed by atoms with Crippen LogP contribution >= 0.6 is 23.2 Å². The third kappa shape index (κ3) is 5.44. The fourth-order valence-corrected chi connectivity index (χ4v) is 5.35. The van der Waals surface area contributed by atoms with Gasteiger partial charge in [-0.2, -0.15) is 8.42 Å². The van der Waals surface area contributed by atoms with Crippen molar-refractivity contribution in [2.45, 2.75) is 18.2 Å². The Balaban J connectivity index is 1.87. The zero-order valence-corrected chi connectivity index (χ0v) is 22.4. The molecule has 0 radical (unpaired) electrons. The monoisotopic (exact) mass is 573 g/mol. The number of methoxy groups -OCH3 is 1. The highest BCUT2D eigenvalue weighted by Gasteiger charge is 2.23. The number of hydrogen-bond donors (Lipinski definition) is 3. The molecule has 1 amide bonds. The maximum absolute atomic E-state index is 13.2. The van der Waals surface area contributed by atoms with Gasteiger partial charge in [0.2, 0.25) is 0 Å². The van der Waals surface area contributed by atoms with E-state index in [1.54, 1.807) is 49.4 Å². The first-order valence-electron chi connectivity index (χ1n) is 11.1. The van der Waals surface area contributed by atoms with Crippen molar-refractivity contribution in [1.82, 2.24) is 0 Å². The van der Waals surface area contributed by atoms with E-state index >= 15 is 0 Å². The van der Waals surface area contributed by atoms with Crippen LogP contribution in [0, 0.1) is 0 Å². The number of phenolic OH excluding ortho intramolecular Hbond substituents is 1. The largest absolute Gasteiger partial charge is 0.505 e. The molecule has 0 aliphatic rings. The molecule has 0 spiro atoms. The summed E-state index contributed by atoms with van der Waals surface area (Å²) in [5.41, 5.74) is 0.0793. The highest BCUT2D eigenvalue weighted by molar-refractivity contribution is 7.86. The van der Waals surface area contributed by atoms with E-state index in [-0.39, 0.29) is 50.4 Å². The first-order chi connectivity index (χ1) is 18.0. The van der Waals surface area contributed by atoms with Gasteiger partial charge in [0.05, 0.1) is 23.4 Å². The van der Waals surface area contributed by atoms with Gasteiger partial charge in [-0.3, -0.25) is 9.35 Å². The van der Waals surface area contributed by atoms with Gasteiger partial charge in [0.25, 0.3) is 16.0 Å². The number of rotatable bonds is 7. The highest BCUT2D eigenvalue weighted by Crippen LogP contribution is 2.41. The number of ether oxygens (including phenoxy) is 1. The second-order valence-electron chi connectivity index (χ2n) is 8.06. The molecular formula is C26H21Cl2N3O6S. The topological polar surface area (TPSA) is 138 Å². The maximum Gasteiger partial charge on any atom is 0.297 e. The number of amides is 1. The molecule has 196 valence electrons. The number of hydrogen-bond acceptors (Lipinski definition) is 7. The molecule has 0 fully saturated rings. The molecule has 0 atom stereocenters. The molecule has 38 heavy (non-hydrogen) atoms.